The van der Waals surface area contributed by atoms with Gasteiger partial charge in [-0.1, -0.05) is 6.58 Å². The standard InChI is InChI=1S/C10H24O6Si4/c1-9-10(11)12-20(8)15-18(4,5)13-17(2,3)14-19(6,7)16-20/h9H,1H2,2-8H3. The molecule has 0 aromatic rings. The van der Waals surface area contributed by atoms with Gasteiger partial charge in [0.2, 0.25) is 0 Å². The van der Waals surface area contributed by atoms with Crippen LogP contribution in [0.2, 0.25) is 45.8 Å². The molecule has 0 N–H and O–H groups in total. The Kier molecular flexibility index (Phi) is 5.04. The maximum absolute atomic E-state index is 11.5. The maximum Gasteiger partial charge on any atom is 0.547 e. The smallest absolute Gasteiger partial charge is 0.471 e. The Morgan fingerprint density at radius 2 is 1.20 bits per heavy atom. The van der Waals surface area contributed by atoms with Crippen LogP contribution in [0.1, 0.15) is 0 Å². The quantitative estimate of drug-likeness (QED) is 0.562. The van der Waals surface area contributed by atoms with E-state index in [1.165, 1.54) is 0 Å². The fraction of sp³-hybridized carbons (Fsp3) is 0.700. The fourth-order valence-electron chi connectivity index (χ4n) is 2.43. The molecular weight excluding hydrogens is 328 g/mol. The number of carbonyl (C=O) groups is 1. The number of carbonyl (C=O) groups excluding carboxylic acids is 1. The lowest BCUT2D eigenvalue weighted by Gasteiger charge is -2.45. The second-order valence-electron chi connectivity index (χ2n) is 6.10. The van der Waals surface area contributed by atoms with Crippen molar-refractivity contribution in [2.75, 3.05) is 0 Å². The summed E-state index contributed by atoms with van der Waals surface area (Å²) in [6, 6.07) is 0. The summed E-state index contributed by atoms with van der Waals surface area (Å²) in [5.41, 5.74) is 0. The predicted octanol–water partition coefficient (Wildman–Crippen LogP) is 2.47. The average Bonchev–Trinajstić information content (AvgIpc) is 2.07. The van der Waals surface area contributed by atoms with Gasteiger partial charge in [-0.25, -0.2) is 4.79 Å². The van der Waals surface area contributed by atoms with Crippen LogP contribution in [0, 0.1) is 0 Å². The van der Waals surface area contributed by atoms with Crippen LogP contribution in [0.3, 0.4) is 0 Å². The molecule has 1 rings (SSSR count). The molecule has 116 valence electrons. The summed E-state index contributed by atoms with van der Waals surface area (Å²) in [7, 11) is -10.5. The van der Waals surface area contributed by atoms with Gasteiger partial charge in [0.1, 0.15) is 0 Å². The molecule has 10 heteroatoms. The van der Waals surface area contributed by atoms with E-state index < -0.39 is 40.5 Å². The third kappa shape index (κ3) is 5.36. The van der Waals surface area contributed by atoms with Gasteiger partial charge < -0.3 is 20.9 Å². The third-order valence-electron chi connectivity index (χ3n) is 2.30. The van der Waals surface area contributed by atoms with Crippen molar-refractivity contribution in [1.82, 2.24) is 0 Å². The van der Waals surface area contributed by atoms with Gasteiger partial charge in [-0.05, 0) is 39.3 Å². The number of hydrogen-bond donors (Lipinski definition) is 0. The minimum atomic E-state index is -3.16. The van der Waals surface area contributed by atoms with Crippen LogP contribution in [0.15, 0.2) is 12.7 Å². The Labute approximate surface area is 125 Å². The molecule has 20 heavy (non-hydrogen) atoms. The molecule has 6 nitrogen and oxygen atoms in total. The summed E-state index contributed by atoms with van der Waals surface area (Å²) in [4.78, 5) is 11.5. The normalized spacial score (nSPS) is 26.9. The third-order valence-corrected chi connectivity index (χ3v) is 17.6. The highest BCUT2D eigenvalue weighted by Crippen LogP contribution is 2.31. The van der Waals surface area contributed by atoms with E-state index >= 15 is 0 Å². The molecular formula is C10H24O6Si4. The molecule has 1 saturated heterocycles. The molecule has 0 atom stereocenters. The fourth-order valence-corrected chi connectivity index (χ4v) is 22.0. The van der Waals surface area contributed by atoms with E-state index in [0.29, 0.717) is 0 Å². The summed E-state index contributed by atoms with van der Waals surface area (Å²) >= 11 is 0. The summed E-state index contributed by atoms with van der Waals surface area (Å²) in [6.07, 6.45) is 1.10. The van der Waals surface area contributed by atoms with E-state index in [9.17, 15) is 4.79 Å². The van der Waals surface area contributed by atoms with Gasteiger partial charge >= 0.3 is 40.5 Å². The molecule has 1 aliphatic rings. The molecule has 0 unspecified atom stereocenters. The van der Waals surface area contributed by atoms with Crippen LogP contribution in [-0.2, 0) is 25.7 Å². The maximum atomic E-state index is 11.5. The first-order valence-electron chi connectivity index (χ1n) is 6.44. The largest absolute Gasteiger partial charge is 0.547 e. The highest BCUT2D eigenvalue weighted by Gasteiger charge is 2.55. The van der Waals surface area contributed by atoms with E-state index in [1.54, 1.807) is 6.55 Å². The Morgan fingerprint density at radius 1 is 0.850 bits per heavy atom. The van der Waals surface area contributed by atoms with E-state index in [0.717, 1.165) is 6.08 Å². The molecule has 1 fully saturated rings. The van der Waals surface area contributed by atoms with Gasteiger partial charge in [0.05, 0.1) is 0 Å². The van der Waals surface area contributed by atoms with E-state index in [2.05, 4.69) is 6.58 Å². The van der Waals surface area contributed by atoms with Gasteiger partial charge in [0.15, 0.2) is 0 Å². The Balaban J connectivity index is 3.08. The van der Waals surface area contributed by atoms with Crippen LogP contribution in [0.25, 0.3) is 0 Å². The number of rotatable bonds is 2. The van der Waals surface area contributed by atoms with Gasteiger partial charge in [-0.15, -0.1) is 0 Å². The summed E-state index contributed by atoms with van der Waals surface area (Å²) in [5, 5.41) is 0. The van der Waals surface area contributed by atoms with Crippen molar-refractivity contribution >= 4 is 40.5 Å². The monoisotopic (exact) mass is 352 g/mol. The first-order chi connectivity index (χ1) is 8.78. The average molecular weight is 353 g/mol. The topological polar surface area (TPSA) is 63.2 Å². The SMILES string of the molecule is C=CC(=O)O[Si]1(C)O[Si](C)(C)O[Si](C)(C)O[Si](C)(C)O1. The predicted molar refractivity (Wildman–Crippen MR) is 84.7 cm³/mol. The molecule has 0 aromatic carbocycles. The summed E-state index contributed by atoms with van der Waals surface area (Å²) in [6.45, 7) is 16.7. The summed E-state index contributed by atoms with van der Waals surface area (Å²) in [5.74, 6) is -0.550. The number of hydrogen-bond acceptors (Lipinski definition) is 6. The van der Waals surface area contributed by atoms with Crippen molar-refractivity contribution in [2.24, 2.45) is 0 Å². The lowest BCUT2D eigenvalue weighted by Crippen LogP contribution is -2.66. The minimum absolute atomic E-state index is 0.550. The van der Waals surface area contributed by atoms with Gasteiger partial charge in [-0.3, -0.25) is 0 Å². The second kappa shape index (κ2) is 5.60. The first kappa shape index (κ1) is 18.0. The molecule has 0 radical (unpaired) electrons. The van der Waals surface area contributed by atoms with E-state index in [1.807, 2.05) is 39.3 Å². The van der Waals surface area contributed by atoms with Gasteiger partial charge in [0, 0.05) is 12.6 Å². The molecule has 0 spiro atoms. The lowest BCUT2D eigenvalue weighted by molar-refractivity contribution is -0.132. The Morgan fingerprint density at radius 3 is 1.55 bits per heavy atom. The van der Waals surface area contributed by atoms with Crippen molar-refractivity contribution in [2.45, 2.75) is 45.8 Å². The van der Waals surface area contributed by atoms with Crippen LogP contribution in [0.4, 0.5) is 0 Å². The zero-order valence-corrected chi connectivity index (χ0v) is 17.2. The van der Waals surface area contributed by atoms with Crippen molar-refractivity contribution < 1.29 is 25.7 Å². The lowest BCUT2D eigenvalue weighted by atomic mass is 10.7. The summed E-state index contributed by atoms with van der Waals surface area (Å²) < 4.78 is 29.7. The molecule has 1 heterocycles. The zero-order valence-electron chi connectivity index (χ0n) is 13.2. The first-order valence-corrected chi connectivity index (χ1v) is 17.1. The van der Waals surface area contributed by atoms with Crippen LogP contribution in [-0.4, -0.2) is 40.5 Å². The molecule has 0 bridgehead atoms. The van der Waals surface area contributed by atoms with Crippen molar-refractivity contribution in [3.8, 4) is 0 Å². The van der Waals surface area contributed by atoms with Crippen molar-refractivity contribution in [3.63, 3.8) is 0 Å². The second-order valence-corrected chi connectivity index (χ2v) is 19.7. The van der Waals surface area contributed by atoms with Gasteiger partial charge in [0.25, 0.3) is 0 Å². The van der Waals surface area contributed by atoms with Gasteiger partial charge in [-0.2, -0.15) is 0 Å². The highest BCUT2D eigenvalue weighted by atomic mass is 28.5. The minimum Gasteiger partial charge on any atom is -0.471 e. The molecule has 0 aliphatic carbocycles. The Hall–Kier alpha value is -0.0825. The molecule has 0 saturated carbocycles. The van der Waals surface area contributed by atoms with Crippen LogP contribution >= 0.6 is 0 Å². The molecule has 1 aliphatic heterocycles. The van der Waals surface area contributed by atoms with Crippen LogP contribution < -0.4 is 0 Å². The van der Waals surface area contributed by atoms with Crippen molar-refractivity contribution in [3.05, 3.63) is 12.7 Å². The molecule has 0 amide bonds. The highest BCUT2D eigenvalue weighted by molar-refractivity contribution is 6.91. The van der Waals surface area contributed by atoms with Crippen molar-refractivity contribution in [1.29, 1.82) is 0 Å². The Bertz CT molecular complexity index is 387. The van der Waals surface area contributed by atoms with E-state index in [-0.39, 0.29) is 0 Å². The zero-order chi connectivity index (χ0) is 15.8. The van der Waals surface area contributed by atoms with Crippen LogP contribution in [0.5, 0.6) is 0 Å². The van der Waals surface area contributed by atoms with E-state index in [4.69, 9.17) is 20.9 Å². The molecule has 0 aromatic heterocycles.